The van der Waals surface area contributed by atoms with E-state index in [-0.39, 0.29) is 11.4 Å². The van der Waals surface area contributed by atoms with Crippen LogP contribution >= 0.6 is 22.9 Å². The standard InChI is InChI=1S/C21H15ClN2O4S/c1-11-16(21(26)27-2)17(20-23-14-5-3-4-6-15(14)29-20)19(28-11)24-18(25)12-7-9-13(22)10-8-12/h3-10H,1-2H3,(H,24,25). The normalized spacial score (nSPS) is 10.9. The average Bonchev–Trinajstić information content (AvgIpc) is 3.28. The van der Waals surface area contributed by atoms with Crippen molar-refractivity contribution in [2.24, 2.45) is 0 Å². The summed E-state index contributed by atoms with van der Waals surface area (Å²) in [4.78, 5) is 29.7. The topological polar surface area (TPSA) is 81.4 Å². The molecule has 6 nitrogen and oxygen atoms in total. The molecule has 1 amide bonds. The van der Waals surface area contributed by atoms with Crippen LogP contribution in [-0.4, -0.2) is 24.0 Å². The molecule has 0 atom stereocenters. The third-order valence-electron chi connectivity index (χ3n) is 4.32. The van der Waals surface area contributed by atoms with Crippen LogP contribution in [0.2, 0.25) is 5.02 Å². The molecule has 29 heavy (non-hydrogen) atoms. The summed E-state index contributed by atoms with van der Waals surface area (Å²) in [5.41, 5.74) is 1.83. The van der Waals surface area contributed by atoms with Gasteiger partial charge in [0.1, 0.15) is 16.3 Å². The van der Waals surface area contributed by atoms with E-state index in [1.807, 2.05) is 24.3 Å². The molecule has 2 aromatic carbocycles. The van der Waals surface area contributed by atoms with Gasteiger partial charge in [0.25, 0.3) is 5.91 Å². The van der Waals surface area contributed by atoms with Crippen LogP contribution in [-0.2, 0) is 4.74 Å². The molecule has 0 saturated heterocycles. The molecular formula is C21H15ClN2O4S. The molecule has 0 fully saturated rings. The lowest BCUT2D eigenvalue weighted by Crippen LogP contribution is -2.12. The van der Waals surface area contributed by atoms with Gasteiger partial charge in [-0.05, 0) is 43.3 Å². The van der Waals surface area contributed by atoms with Crippen molar-refractivity contribution in [3.05, 3.63) is 70.4 Å². The van der Waals surface area contributed by atoms with Crippen LogP contribution in [0, 0.1) is 6.92 Å². The van der Waals surface area contributed by atoms with Gasteiger partial charge in [-0.2, -0.15) is 0 Å². The van der Waals surface area contributed by atoms with E-state index >= 15 is 0 Å². The zero-order valence-corrected chi connectivity index (χ0v) is 17.1. The summed E-state index contributed by atoms with van der Waals surface area (Å²) in [7, 11) is 1.29. The summed E-state index contributed by atoms with van der Waals surface area (Å²) in [6, 6.07) is 14.1. The molecule has 8 heteroatoms. The third kappa shape index (κ3) is 3.62. The van der Waals surface area contributed by atoms with Crippen molar-refractivity contribution in [3.63, 3.8) is 0 Å². The van der Waals surface area contributed by atoms with E-state index in [0.29, 0.717) is 26.9 Å². The van der Waals surface area contributed by atoms with Gasteiger partial charge >= 0.3 is 5.97 Å². The molecule has 1 N–H and O–H groups in total. The number of aromatic nitrogens is 1. The van der Waals surface area contributed by atoms with Crippen molar-refractivity contribution < 1.29 is 18.7 Å². The van der Waals surface area contributed by atoms with Crippen LogP contribution in [0.4, 0.5) is 5.88 Å². The summed E-state index contributed by atoms with van der Waals surface area (Å²) < 4.78 is 11.6. The number of hydrogen-bond acceptors (Lipinski definition) is 6. The highest BCUT2D eigenvalue weighted by Crippen LogP contribution is 2.40. The van der Waals surface area contributed by atoms with Crippen molar-refractivity contribution >= 4 is 50.9 Å². The van der Waals surface area contributed by atoms with Crippen molar-refractivity contribution in [3.8, 4) is 10.6 Å². The van der Waals surface area contributed by atoms with Gasteiger partial charge in [-0.1, -0.05) is 23.7 Å². The molecule has 0 aliphatic rings. The Labute approximate surface area is 175 Å². The number of anilines is 1. The second kappa shape index (κ2) is 7.69. The molecule has 4 rings (SSSR count). The Hall–Kier alpha value is -3.16. The maximum atomic E-state index is 12.7. The molecule has 0 bridgehead atoms. The van der Waals surface area contributed by atoms with E-state index in [9.17, 15) is 9.59 Å². The number of nitrogens with zero attached hydrogens (tertiary/aromatic N) is 1. The number of carbonyl (C=O) groups is 2. The summed E-state index contributed by atoms with van der Waals surface area (Å²) in [5, 5.41) is 3.82. The first kappa shape index (κ1) is 19.2. The van der Waals surface area contributed by atoms with Crippen LogP contribution in [0.1, 0.15) is 26.5 Å². The predicted octanol–water partition coefficient (Wildman–Crippen LogP) is 5.56. The summed E-state index contributed by atoms with van der Waals surface area (Å²) in [6.45, 7) is 1.64. The number of nitrogens with one attached hydrogen (secondary N) is 1. The summed E-state index contributed by atoms with van der Waals surface area (Å²) >= 11 is 7.28. The van der Waals surface area contributed by atoms with E-state index in [1.165, 1.54) is 18.4 Å². The Kier molecular flexibility index (Phi) is 5.08. The summed E-state index contributed by atoms with van der Waals surface area (Å²) in [5.74, 6) is -0.485. The molecular weight excluding hydrogens is 412 g/mol. The SMILES string of the molecule is COC(=O)c1c(C)oc(NC(=O)c2ccc(Cl)cc2)c1-c1nc2ccccc2s1. The van der Waals surface area contributed by atoms with Crippen LogP contribution in [0.25, 0.3) is 20.8 Å². The number of rotatable bonds is 4. The number of aryl methyl sites for hydroxylation is 1. The lowest BCUT2D eigenvalue weighted by Gasteiger charge is -2.05. The van der Waals surface area contributed by atoms with E-state index in [0.717, 1.165) is 10.2 Å². The number of furan rings is 1. The molecule has 0 saturated carbocycles. The minimum absolute atomic E-state index is 0.141. The Bertz CT molecular complexity index is 1190. The van der Waals surface area contributed by atoms with Gasteiger partial charge < -0.3 is 9.15 Å². The molecule has 4 aromatic rings. The van der Waals surface area contributed by atoms with Crippen molar-refractivity contribution in [1.29, 1.82) is 0 Å². The largest absolute Gasteiger partial charge is 0.465 e. The molecule has 0 unspecified atom stereocenters. The van der Waals surface area contributed by atoms with Crippen LogP contribution in [0.3, 0.4) is 0 Å². The van der Waals surface area contributed by atoms with Gasteiger partial charge in [0, 0.05) is 10.6 Å². The highest BCUT2D eigenvalue weighted by molar-refractivity contribution is 7.21. The number of carbonyl (C=O) groups excluding carboxylic acids is 2. The highest BCUT2D eigenvalue weighted by Gasteiger charge is 2.28. The molecule has 0 aliphatic heterocycles. The van der Waals surface area contributed by atoms with E-state index in [1.54, 1.807) is 31.2 Å². The van der Waals surface area contributed by atoms with Gasteiger partial charge in [0.05, 0.1) is 22.9 Å². The molecule has 0 spiro atoms. The molecule has 146 valence electrons. The molecule has 2 aromatic heterocycles. The van der Waals surface area contributed by atoms with Crippen LogP contribution in [0.15, 0.2) is 52.9 Å². The fraction of sp³-hybridized carbons (Fsp3) is 0.0952. The monoisotopic (exact) mass is 426 g/mol. The number of methoxy groups -OCH3 is 1. The second-order valence-electron chi connectivity index (χ2n) is 6.18. The second-order valence-corrected chi connectivity index (χ2v) is 7.64. The average molecular weight is 427 g/mol. The van der Waals surface area contributed by atoms with Gasteiger partial charge in [0.15, 0.2) is 0 Å². The number of fused-ring (bicyclic) bond motifs is 1. The zero-order valence-electron chi connectivity index (χ0n) is 15.5. The number of hydrogen-bond donors (Lipinski definition) is 1. The fourth-order valence-corrected chi connectivity index (χ4v) is 4.08. The maximum Gasteiger partial charge on any atom is 0.342 e. The predicted molar refractivity (Wildman–Crippen MR) is 113 cm³/mol. The first-order valence-corrected chi connectivity index (χ1v) is 9.82. The zero-order chi connectivity index (χ0) is 20.5. The van der Waals surface area contributed by atoms with Crippen molar-refractivity contribution in [2.75, 3.05) is 12.4 Å². The number of amides is 1. The Morgan fingerprint density at radius 3 is 2.55 bits per heavy atom. The summed E-state index contributed by atoms with van der Waals surface area (Å²) in [6.07, 6.45) is 0. The quantitative estimate of drug-likeness (QED) is 0.432. The number of thiazole rings is 1. The highest BCUT2D eigenvalue weighted by atomic mass is 35.5. The first-order chi connectivity index (χ1) is 14.0. The Balaban J connectivity index is 1.82. The fourth-order valence-electron chi connectivity index (χ4n) is 2.94. The number of esters is 1. The molecule has 0 radical (unpaired) electrons. The van der Waals surface area contributed by atoms with Crippen molar-refractivity contribution in [1.82, 2.24) is 4.98 Å². The Morgan fingerprint density at radius 1 is 1.14 bits per heavy atom. The lowest BCUT2D eigenvalue weighted by atomic mass is 10.1. The van der Waals surface area contributed by atoms with Crippen molar-refractivity contribution in [2.45, 2.75) is 6.92 Å². The number of ether oxygens (including phenoxy) is 1. The van der Waals surface area contributed by atoms with E-state index in [2.05, 4.69) is 10.3 Å². The maximum absolute atomic E-state index is 12.7. The molecule has 2 heterocycles. The van der Waals surface area contributed by atoms with E-state index < -0.39 is 11.9 Å². The van der Waals surface area contributed by atoms with Gasteiger partial charge in [-0.15, -0.1) is 11.3 Å². The number of benzene rings is 2. The first-order valence-electron chi connectivity index (χ1n) is 8.62. The van der Waals surface area contributed by atoms with Gasteiger partial charge in [-0.25, -0.2) is 9.78 Å². The molecule has 0 aliphatic carbocycles. The lowest BCUT2D eigenvalue weighted by molar-refractivity contribution is 0.0599. The van der Waals surface area contributed by atoms with E-state index in [4.69, 9.17) is 20.8 Å². The Morgan fingerprint density at radius 2 is 1.86 bits per heavy atom. The van der Waals surface area contributed by atoms with Crippen LogP contribution < -0.4 is 5.32 Å². The minimum atomic E-state index is -0.563. The smallest absolute Gasteiger partial charge is 0.342 e. The van der Waals surface area contributed by atoms with Gasteiger partial charge in [-0.3, -0.25) is 10.1 Å². The van der Waals surface area contributed by atoms with Crippen LogP contribution in [0.5, 0.6) is 0 Å². The van der Waals surface area contributed by atoms with Gasteiger partial charge in [0.2, 0.25) is 5.88 Å². The number of para-hydroxylation sites is 1. The number of halogens is 1. The third-order valence-corrected chi connectivity index (χ3v) is 5.62. The minimum Gasteiger partial charge on any atom is -0.465 e.